The molecule has 0 spiro atoms. The van der Waals surface area contributed by atoms with Gasteiger partial charge < -0.3 is 10.2 Å². The molecule has 0 aliphatic carbocycles. The van der Waals surface area contributed by atoms with Crippen LogP contribution >= 0.6 is 23.8 Å². The summed E-state index contributed by atoms with van der Waals surface area (Å²) in [5.74, 6) is -0.467. The largest absolute Gasteiger partial charge is 0.356 e. The van der Waals surface area contributed by atoms with Gasteiger partial charge in [-0.2, -0.15) is 0 Å². The van der Waals surface area contributed by atoms with Gasteiger partial charge in [-0.05, 0) is 30.4 Å². The molecule has 0 saturated carbocycles. The molecule has 2 saturated heterocycles. The lowest BCUT2D eigenvalue weighted by molar-refractivity contribution is 0.600. The third-order valence-electron chi connectivity index (χ3n) is 3.36. The Bertz CT molecular complexity index is 665. The number of nitrogens with zero attached hydrogens (tertiary/aromatic N) is 1. The number of nitrogens with one attached hydrogen (secondary N) is 1. The van der Waals surface area contributed by atoms with Gasteiger partial charge in [-0.15, -0.1) is 0 Å². The van der Waals surface area contributed by atoms with Gasteiger partial charge in [-0.1, -0.05) is 11.6 Å². The predicted octanol–water partition coefficient (Wildman–Crippen LogP) is 1.34. The van der Waals surface area contributed by atoms with Gasteiger partial charge in [0.25, 0.3) is 0 Å². The highest BCUT2D eigenvalue weighted by Crippen LogP contribution is 2.31. The minimum Gasteiger partial charge on any atom is -0.356 e. The van der Waals surface area contributed by atoms with Crippen molar-refractivity contribution in [2.45, 2.75) is 12.1 Å². The molecule has 0 bridgehead atoms. The first-order chi connectivity index (χ1) is 8.87. The Morgan fingerprint density at radius 3 is 2.84 bits per heavy atom. The van der Waals surface area contributed by atoms with Gasteiger partial charge in [-0.25, -0.2) is 12.8 Å². The highest BCUT2D eigenvalue weighted by molar-refractivity contribution is 7.91. The lowest BCUT2D eigenvalue weighted by Crippen LogP contribution is -2.36. The molecule has 4 nitrogen and oxygen atoms in total. The van der Waals surface area contributed by atoms with Crippen molar-refractivity contribution < 1.29 is 12.8 Å². The zero-order valence-corrected chi connectivity index (χ0v) is 12.0. The van der Waals surface area contributed by atoms with E-state index in [0.29, 0.717) is 10.8 Å². The molecule has 2 aliphatic heterocycles. The van der Waals surface area contributed by atoms with Crippen LogP contribution in [-0.2, 0) is 9.84 Å². The maximum absolute atomic E-state index is 13.5. The van der Waals surface area contributed by atoms with Gasteiger partial charge in [0.1, 0.15) is 5.82 Å². The molecule has 0 amide bonds. The normalized spacial score (nSPS) is 28.3. The number of rotatable bonds is 1. The summed E-state index contributed by atoms with van der Waals surface area (Å²) >= 11 is 10.8. The Kier molecular flexibility index (Phi) is 2.95. The second kappa shape index (κ2) is 4.29. The van der Waals surface area contributed by atoms with Crippen molar-refractivity contribution in [3.63, 3.8) is 0 Å². The van der Waals surface area contributed by atoms with Crippen molar-refractivity contribution in [1.29, 1.82) is 0 Å². The molecule has 8 heteroatoms. The van der Waals surface area contributed by atoms with E-state index in [1.54, 1.807) is 11.0 Å². The topological polar surface area (TPSA) is 49.4 Å². The number of anilines is 1. The van der Waals surface area contributed by atoms with Crippen LogP contribution in [0.2, 0.25) is 5.02 Å². The summed E-state index contributed by atoms with van der Waals surface area (Å²) in [4.78, 5) is 1.66. The molecule has 1 N–H and O–H groups in total. The van der Waals surface area contributed by atoms with E-state index in [1.165, 1.54) is 12.1 Å². The van der Waals surface area contributed by atoms with Crippen molar-refractivity contribution in [2.75, 3.05) is 16.4 Å². The van der Waals surface area contributed by atoms with Gasteiger partial charge in [0.2, 0.25) is 0 Å². The summed E-state index contributed by atoms with van der Waals surface area (Å²) in [5, 5.41) is 3.43. The van der Waals surface area contributed by atoms with Crippen molar-refractivity contribution in [2.24, 2.45) is 0 Å². The molecule has 1 aromatic carbocycles. The van der Waals surface area contributed by atoms with Gasteiger partial charge in [-0.3, -0.25) is 0 Å². The standard InChI is InChI=1S/C11H10ClFN2O2S2/c12-7-2-1-6(3-8(7)13)15-10-5-19(16,17)4-9(10)14-11(15)18/h1-3,9-10H,4-5H2,(H,14,18)/t9-,10+/m0/s1. The van der Waals surface area contributed by atoms with Crippen LogP contribution in [0.5, 0.6) is 0 Å². The van der Waals surface area contributed by atoms with E-state index in [-0.39, 0.29) is 28.6 Å². The summed E-state index contributed by atoms with van der Waals surface area (Å²) in [6.07, 6.45) is 0. The van der Waals surface area contributed by atoms with E-state index in [4.69, 9.17) is 23.8 Å². The number of sulfone groups is 1. The second-order valence-corrected chi connectivity index (χ2v) is 7.62. The highest BCUT2D eigenvalue weighted by atomic mass is 35.5. The number of halogens is 2. The minimum absolute atomic E-state index is 0.0229. The minimum atomic E-state index is -3.07. The highest BCUT2D eigenvalue weighted by Gasteiger charge is 2.47. The Balaban J connectivity index is 1.99. The zero-order valence-electron chi connectivity index (χ0n) is 9.64. The molecule has 2 atom stereocenters. The molecular formula is C11H10ClFN2O2S2. The molecule has 1 aromatic rings. The first kappa shape index (κ1) is 13.1. The Morgan fingerprint density at radius 2 is 2.16 bits per heavy atom. The van der Waals surface area contributed by atoms with E-state index >= 15 is 0 Å². The summed E-state index contributed by atoms with van der Waals surface area (Å²) in [7, 11) is -3.07. The first-order valence-corrected chi connectivity index (χ1v) is 8.23. The third-order valence-corrected chi connectivity index (χ3v) is 5.70. The van der Waals surface area contributed by atoms with E-state index in [9.17, 15) is 12.8 Å². The van der Waals surface area contributed by atoms with Crippen LogP contribution in [0, 0.1) is 5.82 Å². The van der Waals surface area contributed by atoms with Crippen LogP contribution < -0.4 is 10.2 Å². The van der Waals surface area contributed by atoms with E-state index in [1.807, 2.05) is 0 Å². The summed E-state index contributed by atoms with van der Waals surface area (Å²) < 4.78 is 36.8. The molecule has 2 fully saturated rings. The maximum Gasteiger partial charge on any atom is 0.174 e. The van der Waals surface area contributed by atoms with Gasteiger partial charge in [0, 0.05) is 5.69 Å². The number of hydrogen-bond donors (Lipinski definition) is 1. The molecule has 0 unspecified atom stereocenters. The fraction of sp³-hybridized carbons (Fsp3) is 0.364. The van der Waals surface area contributed by atoms with Crippen LogP contribution in [0.4, 0.5) is 10.1 Å². The quantitative estimate of drug-likeness (QED) is 0.791. The summed E-state index contributed by atoms with van der Waals surface area (Å²) in [6, 6.07) is 3.83. The maximum atomic E-state index is 13.5. The first-order valence-electron chi connectivity index (χ1n) is 5.62. The van der Waals surface area contributed by atoms with Crippen molar-refractivity contribution in [3.8, 4) is 0 Å². The molecule has 3 rings (SSSR count). The van der Waals surface area contributed by atoms with Crippen molar-refractivity contribution in [1.82, 2.24) is 5.32 Å². The molecule has 2 aliphatic rings. The fourth-order valence-corrected chi connectivity index (χ4v) is 4.94. The average Bonchev–Trinajstić information content (AvgIpc) is 2.73. The predicted molar refractivity (Wildman–Crippen MR) is 75.9 cm³/mol. The number of thiocarbonyl (C=S) groups is 1. The molecule has 102 valence electrons. The Hall–Kier alpha value is -0.920. The monoisotopic (exact) mass is 320 g/mol. The van der Waals surface area contributed by atoms with Gasteiger partial charge >= 0.3 is 0 Å². The van der Waals surface area contributed by atoms with Crippen LogP contribution in [0.1, 0.15) is 0 Å². The van der Waals surface area contributed by atoms with Crippen molar-refractivity contribution in [3.05, 3.63) is 29.0 Å². The number of hydrogen-bond acceptors (Lipinski definition) is 3. The summed E-state index contributed by atoms with van der Waals surface area (Å²) in [6.45, 7) is 0. The molecular weight excluding hydrogens is 311 g/mol. The summed E-state index contributed by atoms with van der Waals surface area (Å²) in [5.41, 5.74) is 0.518. The Morgan fingerprint density at radius 1 is 1.42 bits per heavy atom. The van der Waals surface area contributed by atoms with Crippen LogP contribution in [0.15, 0.2) is 18.2 Å². The lowest BCUT2D eigenvalue weighted by Gasteiger charge is -2.23. The van der Waals surface area contributed by atoms with Crippen molar-refractivity contribution >= 4 is 44.5 Å². The molecule has 2 heterocycles. The molecule has 0 aromatic heterocycles. The Labute approximate surface area is 120 Å². The molecule has 0 radical (unpaired) electrons. The smallest absolute Gasteiger partial charge is 0.174 e. The van der Waals surface area contributed by atoms with Gasteiger partial charge in [0.15, 0.2) is 14.9 Å². The van der Waals surface area contributed by atoms with Gasteiger partial charge in [0.05, 0.1) is 28.6 Å². The number of benzene rings is 1. The second-order valence-electron chi connectivity index (χ2n) is 4.67. The average molecular weight is 321 g/mol. The van der Waals surface area contributed by atoms with E-state index in [0.717, 1.165) is 0 Å². The fourth-order valence-electron chi connectivity index (χ4n) is 2.54. The van der Waals surface area contributed by atoms with E-state index < -0.39 is 15.7 Å². The van der Waals surface area contributed by atoms with Crippen LogP contribution in [0.25, 0.3) is 0 Å². The third kappa shape index (κ3) is 2.19. The van der Waals surface area contributed by atoms with E-state index in [2.05, 4.69) is 5.32 Å². The SMILES string of the molecule is O=S1(=O)C[C@@H]2NC(=S)N(c3ccc(Cl)c(F)c3)[C@@H]2C1. The zero-order chi connectivity index (χ0) is 13.8. The van der Waals surface area contributed by atoms with Crippen LogP contribution in [-0.4, -0.2) is 37.1 Å². The van der Waals surface area contributed by atoms with Crippen LogP contribution in [0.3, 0.4) is 0 Å². The number of fused-ring (bicyclic) bond motifs is 1. The lowest BCUT2D eigenvalue weighted by atomic mass is 10.1. The molecule has 19 heavy (non-hydrogen) atoms.